The summed E-state index contributed by atoms with van der Waals surface area (Å²) in [5.41, 5.74) is 8.50. The Morgan fingerprint density at radius 2 is 2.11 bits per heavy atom. The van der Waals surface area contributed by atoms with E-state index in [-0.39, 0.29) is 6.04 Å². The Morgan fingerprint density at radius 3 is 2.70 bits per heavy atom. The highest BCUT2D eigenvalue weighted by atomic mass is 16.6. The van der Waals surface area contributed by atoms with E-state index in [0.29, 0.717) is 23.6 Å². The molecular weight excluding hydrogens is 342 g/mol. The highest BCUT2D eigenvalue weighted by Crippen LogP contribution is 2.29. The second-order valence-corrected chi connectivity index (χ2v) is 7.16. The van der Waals surface area contributed by atoms with Crippen molar-refractivity contribution in [3.63, 3.8) is 0 Å². The average Bonchev–Trinajstić information content (AvgIpc) is 2.59. The first-order valence-corrected chi connectivity index (χ1v) is 8.73. The number of hydrogen-bond donors (Lipinski definition) is 2. The molecule has 0 saturated heterocycles. The lowest BCUT2D eigenvalue weighted by atomic mass is 9.99. The normalized spacial score (nSPS) is 12.1. The molecule has 0 radical (unpaired) electrons. The SMILES string of the molecule is C=CC[C@H](NC(=O)OC(C)(C)C)c1cccc(-c2ncc(OC)cc2N)c1. The van der Waals surface area contributed by atoms with Crippen molar-refractivity contribution in [3.8, 4) is 17.0 Å². The van der Waals surface area contributed by atoms with Crippen molar-refractivity contribution in [3.05, 3.63) is 54.7 Å². The molecule has 1 aromatic carbocycles. The van der Waals surface area contributed by atoms with Gasteiger partial charge in [-0.3, -0.25) is 4.98 Å². The molecule has 2 aromatic rings. The van der Waals surface area contributed by atoms with Crippen LogP contribution in [-0.2, 0) is 4.74 Å². The molecule has 0 unspecified atom stereocenters. The molecule has 0 aliphatic heterocycles. The van der Waals surface area contributed by atoms with Crippen molar-refractivity contribution in [1.29, 1.82) is 0 Å². The topological polar surface area (TPSA) is 86.5 Å². The number of alkyl carbamates (subject to hydrolysis) is 1. The third kappa shape index (κ3) is 5.74. The third-order valence-electron chi connectivity index (χ3n) is 3.78. The van der Waals surface area contributed by atoms with Crippen LogP contribution in [0.25, 0.3) is 11.3 Å². The van der Waals surface area contributed by atoms with Gasteiger partial charge < -0.3 is 20.5 Å². The van der Waals surface area contributed by atoms with Gasteiger partial charge in [-0.15, -0.1) is 6.58 Å². The molecule has 3 N–H and O–H groups in total. The molecule has 1 atom stereocenters. The standard InChI is InChI=1S/C21H27N3O3/c1-6-8-18(24-20(25)27-21(2,3)4)14-9-7-10-15(11-14)19-17(22)12-16(26-5)13-23-19/h6-7,9-13,18H,1,8,22H2,2-5H3,(H,24,25)/t18-/m0/s1. The number of nitrogen functional groups attached to an aromatic ring is 1. The number of pyridine rings is 1. The van der Waals surface area contributed by atoms with Crippen LogP contribution in [0.1, 0.15) is 38.8 Å². The number of nitrogens with zero attached hydrogens (tertiary/aromatic N) is 1. The number of aromatic nitrogens is 1. The van der Waals surface area contributed by atoms with Crippen LogP contribution < -0.4 is 15.8 Å². The summed E-state index contributed by atoms with van der Waals surface area (Å²) in [5.74, 6) is 0.600. The first kappa shape index (κ1) is 20.3. The van der Waals surface area contributed by atoms with E-state index in [1.807, 2.05) is 45.0 Å². The zero-order valence-electron chi connectivity index (χ0n) is 16.3. The molecule has 6 heteroatoms. The van der Waals surface area contributed by atoms with Crippen LogP contribution in [0.15, 0.2) is 49.2 Å². The number of benzene rings is 1. The lowest BCUT2D eigenvalue weighted by Gasteiger charge is -2.23. The third-order valence-corrected chi connectivity index (χ3v) is 3.78. The Kier molecular flexibility index (Phi) is 6.45. The minimum absolute atomic E-state index is 0.267. The van der Waals surface area contributed by atoms with Gasteiger partial charge in [0.2, 0.25) is 0 Å². The molecule has 1 aromatic heterocycles. The van der Waals surface area contributed by atoms with Gasteiger partial charge in [-0.2, -0.15) is 0 Å². The van der Waals surface area contributed by atoms with Gasteiger partial charge in [0.25, 0.3) is 0 Å². The van der Waals surface area contributed by atoms with E-state index in [1.165, 1.54) is 0 Å². The smallest absolute Gasteiger partial charge is 0.408 e. The molecule has 6 nitrogen and oxygen atoms in total. The van der Waals surface area contributed by atoms with Crippen LogP contribution in [0.2, 0.25) is 0 Å². The number of nitrogens with one attached hydrogen (secondary N) is 1. The van der Waals surface area contributed by atoms with E-state index in [0.717, 1.165) is 11.1 Å². The second-order valence-electron chi connectivity index (χ2n) is 7.16. The molecule has 0 aliphatic rings. The van der Waals surface area contributed by atoms with Gasteiger partial charge in [0.15, 0.2) is 0 Å². The fourth-order valence-electron chi connectivity index (χ4n) is 2.61. The molecular formula is C21H27N3O3. The van der Waals surface area contributed by atoms with Crippen molar-refractivity contribution in [1.82, 2.24) is 10.3 Å². The van der Waals surface area contributed by atoms with E-state index >= 15 is 0 Å². The predicted molar refractivity (Wildman–Crippen MR) is 108 cm³/mol. The molecule has 144 valence electrons. The molecule has 1 amide bonds. The van der Waals surface area contributed by atoms with E-state index in [4.69, 9.17) is 15.2 Å². The number of methoxy groups -OCH3 is 1. The summed E-state index contributed by atoms with van der Waals surface area (Å²) in [4.78, 5) is 16.6. The Morgan fingerprint density at radius 1 is 1.37 bits per heavy atom. The second kappa shape index (κ2) is 8.58. The first-order chi connectivity index (χ1) is 12.7. The van der Waals surface area contributed by atoms with Crippen LogP contribution in [0.5, 0.6) is 5.75 Å². The largest absolute Gasteiger partial charge is 0.495 e. The maximum absolute atomic E-state index is 12.2. The summed E-state index contributed by atoms with van der Waals surface area (Å²) in [6.45, 7) is 9.26. The molecule has 27 heavy (non-hydrogen) atoms. The molecule has 1 heterocycles. The maximum Gasteiger partial charge on any atom is 0.408 e. The lowest BCUT2D eigenvalue weighted by molar-refractivity contribution is 0.0504. The Balaban J connectivity index is 2.29. The summed E-state index contributed by atoms with van der Waals surface area (Å²) in [6.07, 6.45) is 3.48. The van der Waals surface area contributed by atoms with Gasteiger partial charge in [-0.25, -0.2) is 4.79 Å². The van der Waals surface area contributed by atoms with Crippen LogP contribution in [0.4, 0.5) is 10.5 Å². The zero-order valence-corrected chi connectivity index (χ0v) is 16.3. The fraction of sp³-hybridized carbons (Fsp3) is 0.333. The van der Waals surface area contributed by atoms with Crippen molar-refractivity contribution in [2.24, 2.45) is 0 Å². The lowest BCUT2D eigenvalue weighted by Crippen LogP contribution is -2.34. The Labute approximate surface area is 160 Å². The quantitative estimate of drug-likeness (QED) is 0.733. The fourth-order valence-corrected chi connectivity index (χ4v) is 2.61. The van der Waals surface area contributed by atoms with E-state index in [2.05, 4.69) is 16.9 Å². The summed E-state index contributed by atoms with van der Waals surface area (Å²) in [7, 11) is 1.57. The minimum Gasteiger partial charge on any atom is -0.495 e. The van der Waals surface area contributed by atoms with E-state index in [1.54, 1.807) is 25.4 Å². The molecule has 0 aliphatic carbocycles. The predicted octanol–water partition coefficient (Wildman–Crippen LogP) is 4.48. The molecule has 0 spiro atoms. The first-order valence-electron chi connectivity index (χ1n) is 8.73. The van der Waals surface area contributed by atoms with Gasteiger partial charge in [-0.05, 0) is 38.8 Å². The Bertz CT molecular complexity index is 813. The number of carbonyl (C=O) groups is 1. The number of anilines is 1. The number of ether oxygens (including phenoxy) is 2. The average molecular weight is 369 g/mol. The van der Waals surface area contributed by atoms with Crippen LogP contribution in [-0.4, -0.2) is 23.8 Å². The maximum atomic E-state index is 12.2. The van der Waals surface area contributed by atoms with E-state index < -0.39 is 11.7 Å². The van der Waals surface area contributed by atoms with Gasteiger partial charge >= 0.3 is 6.09 Å². The molecule has 2 rings (SSSR count). The van der Waals surface area contributed by atoms with Gasteiger partial charge in [0.1, 0.15) is 11.4 Å². The number of amides is 1. The summed E-state index contributed by atoms with van der Waals surface area (Å²) in [5, 5.41) is 2.90. The molecule has 0 bridgehead atoms. The summed E-state index contributed by atoms with van der Waals surface area (Å²) in [6, 6.07) is 9.19. The van der Waals surface area contributed by atoms with Crippen molar-refractivity contribution >= 4 is 11.8 Å². The molecule has 0 fully saturated rings. The van der Waals surface area contributed by atoms with Gasteiger partial charge in [-0.1, -0.05) is 24.3 Å². The number of carbonyl (C=O) groups excluding carboxylic acids is 1. The monoisotopic (exact) mass is 369 g/mol. The number of nitrogens with two attached hydrogens (primary N) is 1. The highest BCUT2D eigenvalue weighted by molar-refractivity contribution is 5.74. The van der Waals surface area contributed by atoms with Gasteiger partial charge in [0.05, 0.1) is 30.7 Å². The van der Waals surface area contributed by atoms with Crippen LogP contribution in [0, 0.1) is 0 Å². The molecule has 0 saturated carbocycles. The number of hydrogen-bond acceptors (Lipinski definition) is 5. The van der Waals surface area contributed by atoms with Crippen molar-refractivity contribution in [2.45, 2.75) is 38.8 Å². The highest BCUT2D eigenvalue weighted by Gasteiger charge is 2.20. The van der Waals surface area contributed by atoms with Gasteiger partial charge in [0, 0.05) is 11.6 Å². The van der Waals surface area contributed by atoms with Crippen LogP contribution in [0.3, 0.4) is 0 Å². The minimum atomic E-state index is -0.563. The number of rotatable bonds is 6. The van der Waals surface area contributed by atoms with Crippen molar-refractivity contribution < 1.29 is 14.3 Å². The zero-order chi connectivity index (χ0) is 20.0. The van der Waals surface area contributed by atoms with E-state index in [9.17, 15) is 4.79 Å². The summed E-state index contributed by atoms with van der Waals surface area (Å²) >= 11 is 0. The van der Waals surface area contributed by atoms with Crippen LogP contribution >= 0.6 is 0 Å². The Hall–Kier alpha value is -3.02. The van der Waals surface area contributed by atoms with Crippen molar-refractivity contribution in [2.75, 3.05) is 12.8 Å². The summed E-state index contributed by atoms with van der Waals surface area (Å²) < 4.78 is 10.5.